The summed E-state index contributed by atoms with van der Waals surface area (Å²) in [6.45, 7) is -0.0190. The SMILES string of the molecule is N#Cc1ccccc1COC(=O)c1ccc2ccccc2c1O. The third kappa shape index (κ3) is 2.85. The highest BCUT2D eigenvalue weighted by Crippen LogP contribution is 2.29. The van der Waals surface area contributed by atoms with Gasteiger partial charge < -0.3 is 9.84 Å². The molecule has 3 aromatic carbocycles. The quantitative estimate of drug-likeness (QED) is 0.748. The highest BCUT2D eigenvalue weighted by Gasteiger charge is 2.15. The Bertz CT molecular complexity index is 925. The van der Waals surface area contributed by atoms with E-state index >= 15 is 0 Å². The number of esters is 1. The zero-order valence-corrected chi connectivity index (χ0v) is 12.2. The van der Waals surface area contributed by atoms with E-state index < -0.39 is 5.97 Å². The summed E-state index contributed by atoms with van der Waals surface area (Å²) in [5, 5.41) is 20.7. The van der Waals surface area contributed by atoms with E-state index in [9.17, 15) is 9.90 Å². The fourth-order valence-electron chi connectivity index (χ4n) is 2.40. The molecular weight excluding hydrogens is 290 g/mol. The molecule has 4 nitrogen and oxygen atoms in total. The number of hydrogen-bond donors (Lipinski definition) is 1. The topological polar surface area (TPSA) is 70.3 Å². The third-order valence-corrected chi connectivity index (χ3v) is 3.62. The van der Waals surface area contributed by atoms with Crippen LogP contribution in [-0.2, 0) is 11.3 Å². The molecule has 0 bridgehead atoms. The number of fused-ring (bicyclic) bond motifs is 1. The van der Waals surface area contributed by atoms with E-state index in [0.29, 0.717) is 16.5 Å². The van der Waals surface area contributed by atoms with Crippen molar-refractivity contribution < 1.29 is 14.6 Å². The second-order valence-electron chi connectivity index (χ2n) is 5.03. The Labute approximate surface area is 133 Å². The van der Waals surface area contributed by atoms with Gasteiger partial charge in [-0.2, -0.15) is 5.26 Å². The van der Waals surface area contributed by atoms with Crippen molar-refractivity contribution in [2.45, 2.75) is 6.61 Å². The van der Waals surface area contributed by atoms with Gasteiger partial charge in [-0.15, -0.1) is 0 Å². The molecule has 3 rings (SSSR count). The Kier molecular flexibility index (Phi) is 3.94. The van der Waals surface area contributed by atoms with Crippen LogP contribution in [0.5, 0.6) is 5.75 Å². The minimum absolute atomic E-state index is 0.0190. The van der Waals surface area contributed by atoms with Gasteiger partial charge in [0.05, 0.1) is 11.6 Å². The van der Waals surface area contributed by atoms with Crippen molar-refractivity contribution in [3.63, 3.8) is 0 Å². The highest BCUT2D eigenvalue weighted by molar-refractivity contribution is 6.01. The monoisotopic (exact) mass is 303 g/mol. The first kappa shape index (κ1) is 14.6. The summed E-state index contributed by atoms with van der Waals surface area (Å²) in [6, 6.07) is 19.5. The van der Waals surface area contributed by atoms with Crippen LogP contribution in [-0.4, -0.2) is 11.1 Å². The van der Waals surface area contributed by atoms with Crippen LogP contribution in [0.15, 0.2) is 60.7 Å². The van der Waals surface area contributed by atoms with E-state index in [4.69, 9.17) is 10.00 Å². The highest BCUT2D eigenvalue weighted by atomic mass is 16.5. The fraction of sp³-hybridized carbons (Fsp3) is 0.0526. The third-order valence-electron chi connectivity index (χ3n) is 3.62. The Morgan fingerprint density at radius 3 is 2.61 bits per heavy atom. The van der Waals surface area contributed by atoms with Gasteiger partial charge in [0.25, 0.3) is 0 Å². The molecule has 23 heavy (non-hydrogen) atoms. The van der Waals surface area contributed by atoms with Gasteiger partial charge in [-0.3, -0.25) is 0 Å². The van der Waals surface area contributed by atoms with Gasteiger partial charge in [0.1, 0.15) is 17.9 Å². The lowest BCUT2D eigenvalue weighted by molar-refractivity contribution is 0.0469. The first-order valence-corrected chi connectivity index (χ1v) is 7.06. The Morgan fingerprint density at radius 1 is 1.04 bits per heavy atom. The van der Waals surface area contributed by atoms with Crippen molar-refractivity contribution >= 4 is 16.7 Å². The second-order valence-corrected chi connectivity index (χ2v) is 5.03. The van der Waals surface area contributed by atoms with Crippen molar-refractivity contribution in [2.24, 2.45) is 0 Å². The van der Waals surface area contributed by atoms with Gasteiger partial charge in [0.15, 0.2) is 0 Å². The van der Waals surface area contributed by atoms with E-state index in [1.165, 1.54) is 6.07 Å². The number of nitrogens with zero attached hydrogens (tertiary/aromatic N) is 1. The van der Waals surface area contributed by atoms with Crippen molar-refractivity contribution in [3.8, 4) is 11.8 Å². The molecule has 0 radical (unpaired) electrons. The molecule has 0 unspecified atom stereocenters. The predicted molar refractivity (Wildman–Crippen MR) is 85.9 cm³/mol. The second kappa shape index (κ2) is 6.20. The largest absolute Gasteiger partial charge is 0.506 e. The summed E-state index contributed by atoms with van der Waals surface area (Å²) in [7, 11) is 0. The van der Waals surface area contributed by atoms with E-state index in [2.05, 4.69) is 6.07 Å². The van der Waals surface area contributed by atoms with E-state index in [0.717, 1.165) is 5.39 Å². The molecule has 0 aliphatic heterocycles. The molecule has 4 heteroatoms. The first-order chi connectivity index (χ1) is 11.2. The molecule has 0 saturated heterocycles. The van der Waals surface area contributed by atoms with Gasteiger partial charge in [-0.25, -0.2) is 4.79 Å². The predicted octanol–water partition coefficient (Wildman–Crippen LogP) is 3.77. The average Bonchev–Trinajstić information content (AvgIpc) is 2.60. The number of aromatic hydroxyl groups is 1. The Balaban J connectivity index is 1.84. The van der Waals surface area contributed by atoms with Crippen molar-refractivity contribution in [1.29, 1.82) is 5.26 Å². The Hall–Kier alpha value is -3.32. The Morgan fingerprint density at radius 2 is 1.78 bits per heavy atom. The molecule has 0 aromatic heterocycles. The minimum Gasteiger partial charge on any atom is -0.506 e. The van der Waals surface area contributed by atoms with Crippen LogP contribution < -0.4 is 0 Å². The van der Waals surface area contributed by atoms with Crippen LogP contribution >= 0.6 is 0 Å². The maximum atomic E-state index is 12.2. The van der Waals surface area contributed by atoms with Crippen LogP contribution in [0.2, 0.25) is 0 Å². The molecule has 1 N–H and O–H groups in total. The number of benzene rings is 3. The normalized spacial score (nSPS) is 10.2. The molecule has 0 amide bonds. The van der Waals surface area contributed by atoms with Gasteiger partial charge in [0.2, 0.25) is 0 Å². The smallest absolute Gasteiger partial charge is 0.342 e. The van der Waals surface area contributed by atoms with E-state index in [1.54, 1.807) is 42.5 Å². The molecule has 112 valence electrons. The molecule has 0 heterocycles. The lowest BCUT2D eigenvalue weighted by atomic mass is 10.1. The number of phenolic OH excluding ortho intramolecular Hbond substituents is 1. The number of nitriles is 1. The summed E-state index contributed by atoms with van der Waals surface area (Å²) in [4.78, 5) is 12.2. The van der Waals surface area contributed by atoms with Gasteiger partial charge in [0, 0.05) is 10.9 Å². The maximum Gasteiger partial charge on any atom is 0.342 e. The summed E-state index contributed by atoms with van der Waals surface area (Å²) < 4.78 is 5.24. The zero-order chi connectivity index (χ0) is 16.2. The first-order valence-electron chi connectivity index (χ1n) is 7.06. The van der Waals surface area contributed by atoms with Crippen LogP contribution in [0, 0.1) is 11.3 Å². The van der Waals surface area contributed by atoms with Gasteiger partial charge in [-0.05, 0) is 17.5 Å². The summed E-state index contributed by atoms with van der Waals surface area (Å²) in [6.07, 6.45) is 0. The lowest BCUT2D eigenvalue weighted by Gasteiger charge is -2.09. The fourth-order valence-corrected chi connectivity index (χ4v) is 2.40. The van der Waals surface area contributed by atoms with Crippen molar-refractivity contribution in [2.75, 3.05) is 0 Å². The van der Waals surface area contributed by atoms with Crippen molar-refractivity contribution in [1.82, 2.24) is 0 Å². The molecule has 0 spiro atoms. The summed E-state index contributed by atoms with van der Waals surface area (Å²) >= 11 is 0. The molecule has 0 fully saturated rings. The molecule has 0 aliphatic rings. The zero-order valence-electron chi connectivity index (χ0n) is 12.2. The molecular formula is C19H13NO3. The number of carbonyl (C=O) groups is 1. The summed E-state index contributed by atoms with van der Waals surface area (Å²) in [5.74, 6) is -0.720. The molecule has 0 aliphatic carbocycles. The van der Waals surface area contributed by atoms with Crippen molar-refractivity contribution in [3.05, 3.63) is 77.4 Å². The minimum atomic E-state index is -0.624. The lowest BCUT2D eigenvalue weighted by Crippen LogP contribution is -2.06. The summed E-state index contributed by atoms with van der Waals surface area (Å²) in [5.41, 5.74) is 1.20. The van der Waals surface area contributed by atoms with E-state index in [-0.39, 0.29) is 17.9 Å². The number of hydrogen-bond acceptors (Lipinski definition) is 4. The molecule has 0 atom stereocenters. The van der Waals surface area contributed by atoms with Crippen LogP contribution in [0.4, 0.5) is 0 Å². The maximum absolute atomic E-state index is 12.2. The van der Waals surface area contributed by atoms with Gasteiger partial charge in [-0.1, -0.05) is 48.5 Å². The number of carbonyl (C=O) groups excluding carboxylic acids is 1. The van der Waals surface area contributed by atoms with Crippen LogP contribution in [0.1, 0.15) is 21.5 Å². The number of rotatable bonds is 3. The molecule has 3 aromatic rings. The van der Waals surface area contributed by atoms with Gasteiger partial charge >= 0.3 is 5.97 Å². The van der Waals surface area contributed by atoms with Crippen LogP contribution in [0.25, 0.3) is 10.8 Å². The number of phenols is 1. The number of ether oxygens (including phenoxy) is 1. The van der Waals surface area contributed by atoms with Crippen LogP contribution in [0.3, 0.4) is 0 Å². The standard InChI is InChI=1S/C19H13NO3/c20-11-14-6-1-2-7-15(14)12-23-19(22)17-10-9-13-5-3-4-8-16(13)18(17)21/h1-10,21H,12H2. The average molecular weight is 303 g/mol. The molecule has 0 saturated carbocycles. The van der Waals surface area contributed by atoms with E-state index in [1.807, 2.05) is 12.1 Å².